The molecule has 0 aliphatic carbocycles. The number of piperidine rings is 1. The number of benzene rings is 2. The Hall–Kier alpha value is -2.60. The van der Waals surface area contributed by atoms with E-state index in [2.05, 4.69) is 44.8 Å². The number of carbonyl (C=O) groups is 1. The highest BCUT2D eigenvalue weighted by atomic mass is 32.1. The van der Waals surface area contributed by atoms with Gasteiger partial charge < -0.3 is 15.5 Å². The Labute approximate surface area is 162 Å². The molecule has 1 aromatic heterocycles. The highest BCUT2D eigenvalue weighted by Gasteiger charge is 2.26. The predicted octanol–water partition coefficient (Wildman–Crippen LogP) is 4.12. The molecule has 0 spiro atoms. The third-order valence-corrected chi connectivity index (χ3v) is 6.48. The van der Waals surface area contributed by atoms with Gasteiger partial charge in [0.15, 0.2) is 0 Å². The SMILES string of the molecule is O=C(Nc1cccc2c1CCN2)C1CCN(c2ccc3scnc3c2)CC1. The molecule has 3 aromatic rings. The summed E-state index contributed by atoms with van der Waals surface area (Å²) in [5.74, 6) is 0.236. The number of nitrogens with zero attached hydrogens (tertiary/aromatic N) is 2. The van der Waals surface area contributed by atoms with Gasteiger partial charge in [-0.1, -0.05) is 6.07 Å². The molecule has 1 fully saturated rings. The van der Waals surface area contributed by atoms with Crippen LogP contribution in [-0.2, 0) is 11.2 Å². The fourth-order valence-corrected chi connectivity index (χ4v) is 4.80. The highest BCUT2D eigenvalue weighted by molar-refractivity contribution is 7.16. The lowest BCUT2D eigenvalue weighted by molar-refractivity contribution is -0.120. The molecule has 0 radical (unpaired) electrons. The summed E-state index contributed by atoms with van der Waals surface area (Å²) in [6.45, 7) is 2.76. The Balaban J connectivity index is 1.24. The maximum atomic E-state index is 12.8. The summed E-state index contributed by atoms with van der Waals surface area (Å²) in [7, 11) is 0. The van der Waals surface area contributed by atoms with Crippen molar-refractivity contribution in [3.8, 4) is 0 Å². The standard InChI is InChI=1S/C21H22N4OS/c26-21(24-18-3-1-2-17-16(18)6-9-22-17)14-7-10-25(11-8-14)15-4-5-20-19(12-15)23-13-27-20/h1-5,12-14,22H,6-11H2,(H,24,26). The van der Waals surface area contributed by atoms with Crippen molar-refractivity contribution in [1.82, 2.24) is 4.98 Å². The molecule has 0 unspecified atom stereocenters. The molecule has 27 heavy (non-hydrogen) atoms. The number of thiazole rings is 1. The summed E-state index contributed by atoms with van der Waals surface area (Å²) >= 11 is 1.67. The first kappa shape index (κ1) is 16.6. The fraction of sp³-hybridized carbons (Fsp3) is 0.333. The number of hydrogen-bond donors (Lipinski definition) is 2. The van der Waals surface area contributed by atoms with Crippen LogP contribution in [0.1, 0.15) is 18.4 Å². The first-order valence-corrected chi connectivity index (χ1v) is 10.4. The van der Waals surface area contributed by atoms with Gasteiger partial charge in [0, 0.05) is 48.2 Å². The first-order chi connectivity index (χ1) is 13.3. The van der Waals surface area contributed by atoms with Gasteiger partial charge in [0.1, 0.15) is 0 Å². The van der Waals surface area contributed by atoms with Crippen molar-refractivity contribution in [3.05, 3.63) is 47.5 Å². The number of amides is 1. The van der Waals surface area contributed by atoms with Gasteiger partial charge in [-0.15, -0.1) is 11.3 Å². The number of fused-ring (bicyclic) bond motifs is 2. The molecule has 5 rings (SSSR count). The van der Waals surface area contributed by atoms with Gasteiger partial charge in [-0.05, 0) is 49.6 Å². The third kappa shape index (κ3) is 3.14. The van der Waals surface area contributed by atoms with Crippen LogP contribution < -0.4 is 15.5 Å². The van der Waals surface area contributed by atoms with E-state index in [0.717, 1.165) is 55.8 Å². The molecule has 1 amide bonds. The van der Waals surface area contributed by atoms with Crippen molar-refractivity contribution < 1.29 is 4.79 Å². The van der Waals surface area contributed by atoms with Crippen molar-refractivity contribution in [3.63, 3.8) is 0 Å². The maximum Gasteiger partial charge on any atom is 0.227 e. The number of nitrogens with one attached hydrogen (secondary N) is 2. The highest BCUT2D eigenvalue weighted by Crippen LogP contribution is 2.31. The monoisotopic (exact) mass is 378 g/mol. The van der Waals surface area contributed by atoms with E-state index in [9.17, 15) is 4.79 Å². The number of hydrogen-bond acceptors (Lipinski definition) is 5. The lowest BCUT2D eigenvalue weighted by Crippen LogP contribution is -2.38. The molecule has 6 heteroatoms. The summed E-state index contributed by atoms with van der Waals surface area (Å²) in [5.41, 5.74) is 7.52. The van der Waals surface area contributed by atoms with Gasteiger partial charge in [0.25, 0.3) is 0 Å². The molecule has 138 valence electrons. The van der Waals surface area contributed by atoms with Crippen LogP contribution in [0, 0.1) is 5.92 Å². The van der Waals surface area contributed by atoms with E-state index in [1.807, 2.05) is 17.6 Å². The second-order valence-corrected chi connectivity index (χ2v) is 8.15. The van der Waals surface area contributed by atoms with Crippen LogP contribution in [0.3, 0.4) is 0 Å². The van der Waals surface area contributed by atoms with Crippen molar-refractivity contribution in [2.75, 3.05) is 35.2 Å². The van der Waals surface area contributed by atoms with Gasteiger partial charge in [-0.2, -0.15) is 0 Å². The maximum absolute atomic E-state index is 12.8. The van der Waals surface area contributed by atoms with E-state index in [0.29, 0.717) is 0 Å². The van der Waals surface area contributed by atoms with Crippen LogP contribution in [0.2, 0.25) is 0 Å². The molecule has 0 bridgehead atoms. The van der Waals surface area contributed by atoms with Gasteiger partial charge >= 0.3 is 0 Å². The van der Waals surface area contributed by atoms with Gasteiger partial charge in [0.2, 0.25) is 5.91 Å². The lowest BCUT2D eigenvalue weighted by atomic mass is 9.95. The van der Waals surface area contributed by atoms with Crippen LogP contribution in [-0.4, -0.2) is 30.5 Å². The van der Waals surface area contributed by atoms with E-state index in [-0.39, 0.29) is 11.8 Å². The minimum atomic E-state index is 0.0782. The van der Waals surface area contributed by atoms with E-state index < -0.39 is 0 Å². The fourth-order valence-electron chi connectivity index (χ4n) is 4.14. The van der Waals surface area contributed by atoms with E-state index in [4.69, 9.17) is 0 Å². The molecular weight excluding hydrogens is 356 g/mol. The Morgan fingerprint density at radius 2 is 2.11 bits per heavy atom. The number of aromatic nitrogens is 1. The van der Waals surface area contributed by atoms with Crippen LogP contribution in [0.15, 0.2) is 41.9 Å². The second kappa shape index (κ2) is 6.85. The Morgan fingerprint density at radius 3 is 3.00 bits per heavy atom. The summed E-state index contributed by atoms with van der Waals surface area (Å²) in [4.78, 5) is 19.6. The van der Waals surface area contributed by atoms with E-state index in [1.165, 1.54) is 16.0 Å². The molecule has 2 aromatic carbocycles. The molecular formula is C21H22N4OS. The summed E-state index contributed by atoms with van der Waals surface area (Å²) in [5, 5.41) is 6.55. The zero-order valence-electron chi connectivity index (χ0n) is 15.1. The zero-order valence-corrected chi connectivity index (χ0v) is 15.9. The largest absolute Gasteiger partial charge is 0.384 e. The van der Waals surface area contributed by atoms with E-state index >= 15 is 0 Å². The number of anilines is 3. The quantitative estimate of drug-likeness (QED) is 0.720. The van der Waals surface area contributed by atoms with Crippen molar-refractivity contribution >= 4 is 44.5 Å². The summed E-state index contributed by atoms with van der Waals surface area (Å²) in [6, 6.07) is 12.6. The molecule has 2 N–H and O–H groups in total. The molecule has 1 saturated heterocycles. The van der Waals surface area contributed by atoms with Crippen LogP contribution >= 0.6 is 11.3 Å². The Bertz CT molecular complexity index is 991. The number of rotatable bonds is 3. The zero-order chi connectivity index (χ0) is 18.2. The molecule has 3 heterocycles. The Morgan fingerprint density at radius 1 is 1.22 bits per heavy atom. The van der Waals surface area contributed by atoms with Crippen LogP contribution in [0.25, 0.3) is 10.2 Å². The summed E-state index contributed by atoms with van der Waals surface area (Å²) in [6.07, 6.45) is 2.74. The topological polar surface area (TPSA) is 57.3 Å². The van der Waals surface area contributed by atoms with Crippen LogP contribution in [0.5, 0.6) is 0 Å². The van der Waals surface area contributed by atoms with E-state index in [1.54, 1.807) is 11.3 Å². The molecule has 0 atom stereocenters. The normalized spacial score (nSPS) is 17.0. The smallest absolute Gasteiger partial charge is 0.227 e. The average Bonchev–Trinajstić information content (AvgIpc) is 3.37. The third-order valence-electron chi connectivity index (χ3n) is 5.67. The Kier molecular flexibility index (Phi) is 4.20. The average molecular weight is 379 g/mol. The van der Waals surface area contributed by atoms with Crippen molar-refractivity contribution in [1.29, 1.82) is 0 Å². The van der Waals surface area contributed by atoms with Gasteiger partial charge in [-0.25, -0.2) is 4.98 Å². The minimum absolute atomic E-state index is 0.0782. The number of carbonyl (C=O) groups excluding carboxylic acids is 1. The summed E-state index contributed by atoms with van der Waals surface area (Å²) < 4.78 is 1.22. The van der Waals surface area contributed by atoms with Crippen LogP contribution in [0.4, 0.5) is 17.1 Å². The van der Waals surface area contributed by atoms with Crippen molar-refractivity contribution in [2.24, 2.45) is 5.92 Å². The molecule has 0 saturated carbocycles. The van der Waals surface area contributed by atoms with Crippen molar-refractivity contribution in [2.45, 2.75) is 19.3 Å². The molecule has 2 aliphatic rings. The lowest BCUT2D eigenvalue weighted by Gasteiger charge is -2.33. The predicted molar refractivity (Wildman–Crippen MR) is 112 cm³/mol. The van der Waals surface area contributed by atoms with Gasteiger partial charge in [0.05, 0.1) is 15.7 Å². The molecule has 5 nitrogen and oxygen atoms in total. The second-order valence-electron chi connectivity index (χ2n) is 7.26. The van der Waals surface area contributed by atoms with Gasteiger partial charge in [-0.3, -0.25) is 4.79 Å². The minimum Gasteiger partial charge on any atom is -0.384 e. The first-order valence-electron chi connectivity index (χ1n) is 9.53. The molecule has 2 aliphatic heterocycles.